The van der Waals surface area contributed by atoms with Gasteiger partial charge in [-0.05, 0) is 35.9 Å². The van der Waals surface area contributed by atoms with Gasteiger partial charge in [0.05, 0.1) is 45.1 Å². The molecule has 0 bridgehead atoms. The number of alkyl halides is 3. The van der Waals surface area contributed by atoms with E-state index in [0.717, 1.165) is 11.4 Å². The largest absolute Gasteiger partial charge is 0.458 e. The molecular formula is C17H17F3IN5O3. The molecule has 29 heavy (non-hydrogen) atoms. The van der Waals surface area contributed by atoms with E-state index >= 15 is 0 Å². The summed E-state index contributed by atoms with van der Waals surface area (Å²) in [6.45, 7) is 2.89. The Hall–Kier alpha value is -2.14. The Balaban J connectivity index is 2.01. The maximum atomic E-state index is 13.4. The van der Waals surface area contributed by atoms with E-state index in [-0.39, 0.29) is 29.9 Å². The number of carbonyl (C=O) groups is 1. The van der Waals surface area contributed by atoms with Crippen molar-refractivity contribution in [2.24, 2.45) is 0 Å². The van der Waals surface area contributed by atoms with Gasteiger partial charge in [-0.15, -0.1) is 5.10 Å². The minimum Gasteiger partial charge on any atom is -0.458 e. The van der Waals surface area contributed by atoms with Crippen LogP contribution in [0.2, 0.25) is 0 Å². The van der Waals surface area contributed by atoms with Gasteiger partial charge < -0.3 is 14.8 Å². The Morgan fingerprint density at radius 1 is 1.55 bits per heavy atom. The topological polar surface area (TPSA) is 102 Å². The monoisotopic (exact) mass is 523 g/mol. The van der Waals surface area contributed by atoms with Gasteiger partial charge in [-0.25, -0.2) is 9.50 Å². The fraction of sp³-hybridized carbons (Fsp3) is 0.529. The fourth-order valence-corrected chi connectivity index (χ4v) is 3.90. The Morgan fingerprint density at radius 2 is 2.28 bits per heavy atom. The summed E-state index contributed by atoms with van der Waals surface area (Å²) in [6, 6.07) is 1.48. The molecule has 0 amide bonds. The zero-order valence-electron chi connectivity index (χ0n) is 15.5. The highest BCUT2D eigenvalue weighted by Crippen LogP contribution is 2.38. The summed E-state index contributed by atoms with van der Waals surface area (Å²) >= 11 is 1.82. The van der Waals surface area contributed by atoms with Crippen molar-refractivity contribution in [3.05, 3.63) is 21.0 Å². The van der Waals surface area contributed by atoms with E-state index in [1.54, 1.807) is 0 Å². The number of fused-ring (bicyclic) bond motifs is 1. The van der Waals surface area contributed by atoms with Crippen molar-refractivity contribution in [2.45, 2.75) is 44.5 Å². The maximum absolute atomic E-state index is 13.4. The van der Waals surface area contributed by atoms with Crippen LogP contribution in [0.15, 0.2) is 6.20 Å². The SMILES string of the molecule is CC(=O)O[C@@H]1COCC[C@H]1Nc1ncc2c(I)c(C#N)c(C(C)C(F)(F)F)n2n1. The molecule has 3 atom stereocenters. The smallest absolute Gasteiger partial charge is 0.397 e. The zero-order chi connectivity index (χ0) is 21.3. The number of nitrogens with one attached hydrogen (secondary N) is 1. The first-order chi connectivity index (χ1) is 13.6. The van der Waals surface area contributed by atoms with E-state index in [4.69, 9.17) is 9.47 Å². The van der Waals surface area contributed by atoms with E-state index in [1.807, 2.05) is 28.7 Å². The second-order valence-electron chi connectivity index (χ2n) is 6.59. The van der Waals surface area contributed by atoms with Crippen LogP contribution in [0.5, 0.6) is 0 Å². The summed E-state index contributed by atoms with van der Waals surface area (Å²) in [7, 11) is 0. The molecule has 1 N–H and O–H groups in total. The zero-order valence-corrected chi connectivity index (χ0v) is 17.6. The van der Waals surface area contributed by atoms with E-state index in [1.165, 1.54) is 13.1 Å². The number of nitrogens with zero attached hydrogens (tertiary/aromatic N) is 4. The van der Waals surface area contributed by atoms with Gasteiger partial charge in [0.15, 0.2) is 0 Å². The number of esters is 1. The first-order valence-corrected chi connectivity index (χ1v) is 9.76. The highest BCUT2D eigenvalue weighted by molar-refractivity contribution is 14.1. The van der Waals surface area contributed by atoms with Gasteiger partial charge >= 0.3 is 12.1 Å². The summed E-state index contributed by atoms with van der Waals surface area (Å²) in [5, 5.41) is 16.6. The van der Waals surface area contributed by atoms with Gasteiger partial charge in [0, 0.05) is 13.5 Å². The number of aromatic nitrogens is 3. The number of nitriles is 1. The van der Waals surface area contributed by atoms with Crippen LogP contribution >= 0.6 is 22.6 Å². The lowest BCUT2D eigenvalue weighted by Gasteiger charge is -2.31. The number of rotatable bonds is 4. The molecule has 156 valence electrons. The summed E-state index contributed by atoms with van der Waals surface area (Å²) in [6.07, 6.45) is -3.25. The van der Waals surface area contributed by atoms with Gasteiger partial charge in [0.1, 0.15) is 12.2 Å². The van der Waals surface area contributed by atoms with Crippen LogP contribution in [0, 0.1) is 14.9 Å². The second kappa shape index (κ2) is 8.31. The van der Waals surface area contributed by atoms with Gasteiger partial charge in [0.25, 0.3) is 0 Å². The average molecular weight is 523 g/mol. The lowest BCUT2D eigenvalue weighted by Crippen LogP contribution is -2.44. The Morgan fingerprint density at radius 3 is 2.90 bits per heavy atom. The van der Waals surface area contributed by atoms with Crippen LogP contribution in [0.1, 0.15) is 37.4 Å². The van der Waals surface area contributed by atoms with Crippen LogP contribution in [-0.2, 0) is 14.3 Å². The first kappa shape index (κ1) is 21.6. The van der Waals surface area contributed by atoms with Gasteiger partial charge in [0.2, 0.25) is 5.95 Å². The molecule has 2 aromatic rings. The van der Waals surface area contributed by atoms with E-state index in [2.05, 4.69) is 15.4 Å². The normalized spacial score (nSPS) is 20.9. The van der Waals surface area contributed by atoms with Crippen LogP contribution in [0.4, 0.5) is 19.1 Å². The molecule has 8 nitrogen and oxygen atoms in total. The van der Waals surface area contributed by atoms with Crippen LogP contribution < -0.4 is 5.32 Å². The second-order valence-corrected chi connectivity index (χ2v) is 7.67. The van der Waals surface area contributed by atoms with Crippen LogP contribution in [-0.4, -0.2) is 52.1 Å². The van der Waals surface area contributed by atoms with Crippen molar-refractivity contribution in [3.63, 3.8) is 0 Å². The predicted octanol–water partition coefficient (Wildman–Crippen LogP) is 3.00. The number of halogens is 4. The molecule has 1 unspecified atom stereocenters. The molecule has 0 aliphatic carbocycles. The van der Waals surface area contributed by atoms with E-state index in [9.17, 15) is 23.2 Å². The molecule has 2 aromatic heterocycles. The molecular weight excluding hydrogens is 506 g/mol. The highest BCUT2D eigenvalue weighted by atomic mass is 127. The molecule has 1 saturated heterocycles. The van der Waals surface area contributed by atoms with E-state index < -0.39 is 24.2 Å². The van der Waals surface area contributed by atoms with Gasteiger partial charge in [-0.2, -0.15) is 18.4 Å². The van der Waals surface area contributed by atoms with Crippen molar-refractivity contribution in [1.82, 2.24) is 14.6 Å². The Bertz CT molecular complexity index is 972. The number of anilines is 1. The lowest BCUT2D eigenvalue weighted by molar-refractivity contribution is -0.153. The number of hydrogen-bond donors (Lipinski definition) is 1. The molecule has 0 aromatic carbocycles. The van der Waals surface area contributed by atoms with Crippen molar-refractivity contribution in [3.8, 4) is 6.07 Å². The van der Waals surface area contributed by atoms with Gasteiger partial charge in [-0.3, -0.25) is 4.79 Å². The quantitative estimate of drug-likeness (QED) is 0.486. The summed E-state index contributed by atoms with van der Waals surface area (Å²) in [4.78, 5) is 15.5. The van der Waals surface area contributed by atoms with Crippen LogP contribution in [0.25, 0.3) is 5.52 Å². The summed E-state index contributed by atoms with van der Waals surface area (Å²) in [5.41, 5.74) is -0.0126. The third-order valence-electron chi connectivity index (χ3n) is 4.61. The third kappa shape index (κ3) is 4.40. The summed E-state index contributed by atoms with van der Waals surface area (Å²) in [5.74, 6) is -2.30. The Kier molecular flexibility index (Phi) is 6.18. The molecule has 12 heteroatoms. The maximum Gasteiger partial charge on any atom is 0.397 e. The van der Waals surface area contributed by atoms with Crippen molar-refractivity contribution >= 4 is 40.0 Å². The number of hydrogen-bond acceptors (Lipinski definition) is 7. The molecule has 1 aliphatic heterocycles. The van der Waals surface area contributed by atoms with Crippen molar-refractivity contribution < 1.29 is 27.4 Å². The number of carbonyl (C=O) groups excluding carboxylic acids is 1. The van der Waals surface area contributed by atoms with Crippen molar-refractivity contribution in [2.75, 3.05) is 18.5 Å². The van der Waals surface area contributed by atoms with Crippen LogP contribution in [0.3, 0.4) is 0 Å². The predicted molar refractivity (Wildman–Crippen MR) is 103 cm³/mol. The average Bonchev–Trinajstić information content (AvgIpc) is 2.92. The number of ether oxygens (including phenoxy) is 2. The first-order valence-electron chi connectivity index (χ1n) is 8.69. The molecule has 3 rings (SSSR count). The van der Waals surface area contributed by atoms with E-state index in [0.29, 0.717) is 22.1 Å². The lowest BCUT2D eigenvalue weighted by atomic mass is 10.0. The molecule has 0 saturated carbocycles. The van der Waals surface area contributed by atoms with Gasteiger partial charge in [-0.1, -0.05) is 0 Å². The molecule has 0 radical (unpaired) electrons. The Labute approximate surface area is 177 Å². The minimum absolute atomic E-state index is 0.0630. The third-order valence-corrected chi connectivity index (χ3v) is 5.70. The fourth-order valence-electron chi connectivity index (χ4n) is 3.13. The highest BCUT2D eigenvalue weighted by Gasteiger charge is 2.41. The minimum atomic E-state index is -4.54. The molecule has 0 spiro atoms. The summed E-state index contributed by atoms with van der Waals surface area (Å²) < 4.78 is 52.2. The van der Waals surface area contributed by atoms with Crippen molar-refractivity contribution in [1.29, 1.82) is 5.26 Å². The molecule has 3 heterocycles. The standard InChI is InChI=1S/C17H17F3IN5O3/c1-8(17(18,19)20)15-10(5-22)14(21)12-6-23-16(25-26(12)15)24-11-3-4-28-7-13(11)29-9(2)27/h6,8,11,13H,3-4,7H2,1-2H3,(H,24,25)/t8?,11-,13-/m1/s1. The molecule has 1 fully saturated rings. The molecule has 1 aliphatic rings.